The average Bonchev–Trinajstić information content (AvgIpc) is 2.58. The fraction of sp³-hybridized carbons (Fsp3) is 0.267. The summed E-state index contributed by atoms with van der Waals surface area (Å²) in [6, 6.07) is 10.9. The molecule has 7 heteroatoms. The Morgan fingerprint density at radius 2 is 1.82 bits per heavy atom. The minimum Gasteiger partial charge on any atom is -0.378 e. The molecule has 1 amide bonds. The molecule has 0 bridgehead atoms. The van der Waals surface area contributed by atoms with Gasteiger partial charge in [0.15, 0.2) is 11.5 Å². The molecular weight excluding hydrogens is 348 g/mol. The number of ether oxygens (including phenoxy) is 1. The lowest BCUT2D eigenvalue weighted by Crippen LogP contribution is -2.37. The van der Waals surface area contributed by atoms with Crippen molar-refractivity contribution in [1.29, 1.82) is 0 Å². The van der Waals surface area contributed by atoms with Crippen LogP contribution in [0.3, 0.4) is 0 Å². The molecule has 0 atom stereocenters. The lowest BCUT2D eigenvalue weighted by atomic mass is 10.3. The van der Waals surface area contributed by atoms with E-state index in [2.05, 4.69) is 36.3 Å². The maximum absolute atomic E-state index is 12.1. The number of morpholine rings is 1. The number of carbonyl (C=O) groups is 1. The van der Waals surface area contributed by atoms with Crippen LogP contribution in [0.2, 0.25) is 0 Å². The Bertz CT molecular complexity index is 640. The van der Waals surface area contributed by atoms with Crippen molar-refractivity contribution in [1.82, 2.24) is 10.2 Å². The van der Waals surface area contributed by atoms with Crippen molar-refractivity contribution in [2.75, 3.05) is 36.5 Å². The van der Waals surface area contributed by atoms with Gasteiger partial charge in [0.05, 0.1) is 13.2 Å². The second kappa shape index (κ2) is 6.85. The van der Waals surface area contributed by atoms with Crippen LogP contribution < -0.4 is 10.2 Å². The van der Waals surface area contributed by atoms with Crippen molar-refractivity contribution in [3.8, 4) is 0 Å². The van der Waals surface area contributed by atoms with E-state index in [9.17, 15) is 4.79 Å². The number of amides is 1. The SMILES string of the molecule is O=C(Nc1ccc(Br)cc1)c1ccc(N2CCOCC2)nn1. The summed E-state index contributed by atoms with van der Waals surface area (Å²) in [5, 5.41) is 10.9. The van der Waals surface area contributed by atoms with Crippen molar-refractivity contribution < 1.29 is 9.53 Å². The molecule has 2 aromatic rings. The normalized spacial score (nSPS) is 14.7. The van der Waals surface area contributed by atoms with E-state index in [0.29, 0.717) is 24.6 Å². The van der Waals surface area contributed by atoms with Gasteiger partial charge in [-0.1, -0.05) is 15.9 Å². The van der Waals surface area contributed by atoms with E-state index in [0.717, 1.165) is 23.4 Å². The highest BCUT2D eigenvalue weighted by Gasteiger charge is 2.14. The molecule has 1 N–H and O–H groups in total. The molecule has 0 aliphatic carbocycles. The molecule has 0 radical (unpaired) electrons. The highest BCUT2D eigenvalue weighted by atomic mass is 79.9. The van der Waals surface area contributed by atoms with E-state index >= 15 is 0 Å². The Morgan fingerprint density at radius 3 is 2.45 bits per heavy atom. The number of carbonyl (C=O) groups excluding carboxylic acids is 1. The van der Waals surface area contributed by atoms with Crippen LogP contribution in [0.25, 0.3) is 0 Å². The van der Waals surface area contributed by atoms with Crippen LogP contribution in [0.5, 0.6) is 0 Å². The summed E-state index contributed by atoms with van der Waals surface area (Å²) >= 11 is 3.35. The third-order valence-corrected chi connectivity index (χ3v) is 3.85. The molecule has 3 rings (SSSR count). The zero-order valence-corrected chi connectivity index (χ0v) is 13.4. The third-order valence-electron chi connectivity index (χ3n) is 3.32. The van der Waals surface area contributed by atoms with E-state index in [1.807, 2.05) is 30.3 Å². The average molecular weight is 363 g/mol. The van der Waals surface area contributed by atoms with Gasteiger partial charge in [0.2, 0.25) is 0 Å². The van der Waals surface area contributed by atoms with Crippen molar-refractivity contribution in [3.63, 3.8) is 0 Å². The van der Waals surface area contributed by atoms with E-state index in [4.69, 9.17) is 4.74 Å². The van der Waals surface area contributed by atoms with Gasteiger partial charge in [-0.05, 0) is 36.4 Å². The predicted octanol–water partition coefficient (Wildman–Crippen LogP) is 2.33. The summed E-state index contributed by atoms with van der Waals surface area (Å²) in [7, 11) is 0. The van der Waals surface area contributed by atoms with Crippen molar-refractivity contribution in [2.24, 2.45) is 0 Å². The van der Waals surface area contributed by atoms with E-state index in [1.165, 1.54) is 0 Å². The number of hydrogen-bond donors (Lipinski definition) is 1. The van der Waals surface area contributed by atoms with Gasteiger partial charge in [-0.2, -0.15) is 0 Å². The topological polar surface area (TPSA) is 67.4 Å². The van der Waals surface area contributed by atoms with Crippen LogP contribution in [0.1, 0.15) is 10.5 Å². The van der Waals surface area contributed by atoms with Gasteiger partial charge in [0, 0.05) is 23.2 Å². The molecule has 22 heavy (non-hydrogen) atoms. The first-order chi connectivity index (χ1) is 10.7. The summed E-state index contributed by atoms with van der Waals surface area (Å²) in [5.41, 5.74) is 1.01. The van der Waals surface area contributed by atoms with Crippen LogP contribution >= 0.6 is 15.9 Å². The van der Waals surface area contributed by atoms with Gasteiger partial charge in [-0.15, -0.1) is 10.2 Å². The monoisotopic (exact) mass is 362 g/mol. The first-order valence-electron chi connectivity index (χ1n) is 6.96. The molecule has 0 saturated carbocycles. The van der Waals surface area contributed by atoms with Gasteiger partial charge in [-0.25, -0.2) is 0 Å². The Balaban J connectivity index is 1.66. The number of nitrogens with zero attached hydrogens (tertiary/aromatic N) is 3. The first kappa shape index (κ1) is 14.9. The number of rotatable bonds is 3. The number of halogens is 1. The van der Waals surface area contributed by atoms with E-state index in [1.54, 1.807) is 6.07 Å². The fourth-order valence-corrected chi connectivity index (χ4v) is 2.40. The van der Waals surface area contributed by atoms with Gasteiger partial charge < -0.3 is 15.0 Å². The standard InChI is InChI=1S/C15H15BrN4O2/c16-11-1-3-12(4-2-11)17-15(21)13-5-6-14(19-18-13)20-7-9-22-10-8-20/h1-6H,7-10H2,(H,17,21). The summed E-state index contributed by atoms with van der Waals surface area (Å²) in [6.07, 6.45) is 0. The molecule has 1 fully saturated rings. The highest BCUT2D eigenvalue weighted by molar-refractivity contribution is 9.10. The Hall–Kier alpha value is -1.99. The van der Waals surface area contributed by atoms with Crippen molar-refractivity contribution >= 4 is 33.3 Å². The van der Waals surface area contributed by atoms with E-state index < -0.39 is 0 Å². The second-order valence-electron chi connectivity index (χ2n) is 4.84. The lowest BCUT2D eigenvalue weighted by molar-refractivity contribution is 0.102. The quantitative estimate of drug-likeness (QED) is 0.907. The molecule has 1 saturated heterocycles. The van der Waals surface area contributed by atoms with Crippen molar-refractivity contribution in [2.45, 2.75) is 0 Å². The Morgan fingerprint density at radius 1 is 1.09 bits per heavy atom. The molecule has 1 aliphatic heterocycles. The van der Waals surface area contributed by atoms with Crippen LogP contribution in [0, 0.1) is 0 Å². The summed E-state index contributed by atoms with van der Waals surface area (Å²) < 4.78 is 6.26. The van der Waals surface area contributed by atoms with Gasteiger partial charge in [0.25, 0.3) is 5.91 Å². The third kappa shape index (κ3) is 3.61. The number of anilines is 2. The second-order valence-corrected chi connectivity index (χ2v) is 5.75. The summed E-state index contributed by atoms with van der Waals surface area (Å²) in [6.45, 7) is 2.96. The van der Waals surface area contributed by atoms with Gasteiger partial charge in [-0.3, -0.25) is 4.79 Å². The molecule has 0 unspecified atom stereocenters. The number of aromatic nitrogens is 2. The van der Waals surface area contributed by atoms with Crippen LogP contribution in [-0.4, -0.2) is 42.4 Å². The molecule has 1 aliphatic rings. The number of benzene rings is 1. The molecule has 6 nitrogen and oxygen atoms in total. The lowest BCUT2D eigenvalue weighted by Gasteiger charge is -2.27. The molecule has 0 spiro atoms. The summed E-state index contributed by atoms with van der Waals surface area (Å²) in [4.78, 5) is 14.2. The van der Waals surface area contributed by atoms with Crippen LogP contribution in [0.4, 0.5) is 11.5 Å². The fourth-order valence-electron chi connectivity index (χ4n) is 2.14. The minimum atomic E-state index is -0.275. The Kier molecular flexibility index (Phi) is 4.65. The van der Waals surface area contributed by atoms with Crippen LogP contribution in [-0.2, 0) is 4.74 Å². The maximum Gasteiger partial charge on any atom is 0.276 e. The minimum absolute atomic E-state index is 0.275. The number of hydrogen-bond acceptors (Lipinski definition) is 5. The Labute approximate surface area is 136 Å². The zero-order valence-electron chi connectivity index (χ0n) is 11.8. The number of nitrogens with one attached hydrogen (secondary N) is 1. The largest absolute Gasteiger partial charge is 0.378 e. The van der Waals surface area contributed by atoms with Gasteiger partial charge >= 0.3 is 0 Å². The van der Waals surface area contributed by atoms with Crippen LogP contribution in [0.15, 0.2) is 40.9 Å². The smallest absolute Gasteiger partial charge is 0.276 e. The molecule has 2 heterocycles. The highest BCUT2D eigenvalue weighted by Crippen LogP contribution is 2.15. The summed E-state index contributed by atoms with van der Waals surface area (Å²) in [5.74, 6) is 0.492. The zero-order chi connectivity index (χ0) is 15.4. The molecule has 1 aromatic heterocycles. The van der Waals surface area contributed by atoms with E-state index in [-0.39, 0.29) is 5.91 Å². The van der Waals surface area contributed by atoms with Gasteiger partial charge in [0.1, 0.15) is 0 Å². The predicted molar refractivity (Wildman–Crippen MR) is 87.2 cm³/mol. The molecular formula is C15H15BrN4O2. The van der Waals surface area contributed by atoms with Crippen molar-refractivity contribution in [3.05, 3.63) is 46.6 Å². The molecule has 1 aromatic carbocycles. The maximum atomic E-state index is 12.1. The molecule has 114 valence electrons. The first-order valence-corrected chi connectivity index (χ1v) is 7.75.